The van der Waals surface area contributed by atoms with Gasteiger partial charge in [-0.3, -0.25) is 10.2 Å². The second-order valence-corrected chi connectivity index (χ2v) is 8.55. The zero-order valence-electron chi connectivity index (χ0n) is 18.9. The Labute approximate surface area is 186 Å². The highest BCUT2D eigenvalue weighted by molar-refractivity contribution is 5.80. The van der Waals surface area contributed by atoms with Gasteiger partial charge in [-0.05, 0) is 44.4 Å². The first-order chi connectivity index (χ1) is 15.1. The standard InChI is InChI=1S/C23H30F3N5O/c1-15-14-27-22(28-20(15)30(3)4)29-31(21(32)17-9-6-5-7-10-17)16(2)18-11-8-12-19(13-18)23(24,25)26/h8,11-14,16-17H,5-7,9-10H2,1-4H3,(H,27,28,29)/t16-/m1/s1. The Kier molecular flexibility index (Phi) is 7.26. The van der Waals surface area contributed by atoms with E-state index < -0.39 is 17.8 Å². The van der Waals surface area contributed by atoms with Gasteiger partial charge in [-0.15, -0.1) is 0 Å². The van der Waals surface area contributed by atoms with Crippen molar-refractivity contribution >= 4 is 17.7 Å². The molecular weight excluding hydrogens is 419 g/mol. The first kappa shape index (κ1) is 23.8. The minimum absolute atomic E-state index is 0.148. The molecule has 174 valence electrons. The van der Waals surface area contributed by atoms with Crippen molar-refractivity contribution in [3.8, 4) is 0 Å². The van der Waals surface area contributed by atoms with Gasteiger partial charge in [0.2, 0.25) is 11.9 Å². The van der Waals surface area contributed by atoms with Crippen LogP contribution >= 0.6 is 0 Å². The number of nitrogens with zero attached hydrogens (tertiary/aromatic N) is 4. The summed E-state index contributed by atoms with van der Waals surface area (Å²) < 4.78 is 39.8. The van der Waals surface area contributed by atoms with Crippen LogP contribution < -0.4 is 10.3 Å². The van der Waals surface area contributed by atoms with Gasteiger partial charge in [-0.25, -0.2) is 9.99 Å². The molecule has 32 heavy (non-hydrogen) atoms. The Morgan fingerprint density at radius 3 is 2.50 bits per heavy atom. The van der Waals surface area contributed by atoms with Gasteiger partial charge in [0.25, 0.3) is 0 Å². The van der Waals surface area contributed by atoms with Crippen LogP contribution in [0.4, 0.5) is 24.9 Å². The van der Waals surface area contributed by atoms with Gasteiger partial charge < -0.3 is 4.90 Å². The van der Waals surface area contributed by atoms with Crippen LogP contribution in [0.2, 0.25) is 0 Å². The minimum atomic E-state index is -4.46. The average Bonchev–Trinajstić information content (AvgIpc) is 2.77. The first-order valence-electron chi connectivity index (χ1n) is 10.9. The number of halogens is 3. The number of aromatic nitrogens is 2. The van der Waals surface area contributed by atoms with Gasteiger partial charge in [-0.1, -0.05) is 31.4 Å². The Bertz CT molecular complexity index is 941. The van der Waals surface area contributed by atoms with Gasteiger partial charge in [0.15, 0.2) is 0 Å². The number of rotatable bonds is 6. The summed E-state index contributed by atoms with van der Waals surface area (Å²) >= 11 is 0. The molecule has 1 N–H and O–H groups in total. The number of carbonyl (C=O) groups is 1. The molecule has 0 saturated heterocycles. The topological polar surface area (TPSA) is 61.4 Å². The molecule has 9 heteroatoms. The molecule has 1 amide bonds. The largest absolute Gasteiger partial charge is 0.416 e. The summed E-state index contributed by atoms with van der Waals surface area (Å²) in [6.07, 6.45) is 1.76. The molecule has 0 spiro atoms. The van der Waals surface area contributed by atoms with E-state index in [1.165, 1.54) is 11.1 Å². The van der Waals surface area contributed by atoms with Gasteiger partial charge in [0, 0.05) is 31.8 Å². The number of alkyl halides is 3. The fourth-order valence-corrected chi connectivity index (χ4v) is 4.06. The first-order valence-corrected chi connectivity index (χ1v) is 10.9. The van der Waals surface area contributed by atoms with Crippen LogP contribution in [0.3, 0.4) is 0 Å². The molecule has 1 aromatic carbocycles. The lowest BCUT2D eigenvalue weighted by Crippen LogP contribution is -2.43. The Morgan fingerprint density at radius 1 is 1.19 bits per heavy atom. The summed E-state index contributed by atoms with van der Waals surface area (Å²) in [6, 6.07) is 4.44. The van der Waals surface area contributed by atoms with E-state index in [-0.39, 0.29) is 17.8 Å². The van der Waals surface area contributed by atoms with Crippen molar-refractivity contribution in [2.75, 3.05) is 24.4 Å². The Balaban J connectivity index is 1.95. The zero-order chi connectivity index (χ0) is 23.5. The number of hydrogen-bond donors (Lipinski definition) is 1. The molecule has 0 bridgehead atoms. The number of hydrogen-bond acceptors (Lipinski definition) is 5. The van der Waals surface area contributed by atoms with E-state index in [0.29, 0.717) is 11.4 Å². The molecule has 1 fully saturated rings. The smallest absolute Gasteiger partial charge is 0.362 e. The number of amides is 1. The molecule has 1 heterocycles. The van der Waals surface area contributed by atoms with Crippen molar-refractivity contribution in [1.82, 2.24) is 15.0 Å². The Morgan fingerprint density at radius 2 is 1.88 bits per heavy atom. The van der Waals surface area contributed by atoms with Crippen LogP contribution in [0, 0.1) is 12.8 Å². The van der Waals surface area contributed by atoms with Gasteiger partial charge in [-0.2, -0.15) is 18.2 Å². The molecule has 0 radical (unpaired) electrons. The van der Waals surface area contributed by atoms with Crippen molar-refractivity contribution in [2.24, 2.45) is 5.92 Å². The van der Waals surface area contributed by atoms with Crippen LogP contribution in [0.15, 0.2) is 30.5 Å². The van der Waals surface area contributed by atoms with Crippen LogP contribution in [-0.4, -0.2) is 35.0 Å². The maximum atomic E-state index is 13.5. The summed E-state index contributed by atoms with van der Waals surface area (Å²) in [5, 5.41) is 1.40. The van der Waals surface area contributed by atoms with Gasteiger partial charge in [0.1, 0.15) is 5.82 Å². The monoisotopic (exact) mass is 449 g/mol. The lowest BCUT2D eigenvalue weighted by atomic mass is 9.88. The quantitative estimate of drug-likeness (QED) is 0.601. The third-order valence-electron chi connectivity index (χ3n) is 5.86. The maximum Gasteiger partial charge on any atom is 0.416 e. The molecule has 1 aliphatic rings. The third-order valence-corrected chi connectivity index (χ3v) is 5.86. The highest BCUT2D eigenvalue weighted by Gasteiger charge is 2.33. The molecule has 1 aliphatic carbocycles. The number of hydrazine groups is 1. The fraction of sp³-hybridized carbons (Fsp3) is 0.522. The van der Waals surface area contributed by atoms with Crippen molar-refractivity contribution in [2.45, 2.75) is 58.2 Å². The second kappa shape index (κ2) is 9.75. The van der Waals surface area contributed by atoms with E-state index in [2.05, 4.69) is 15.4 Å². The zero-order valence-corrected chi connectivity index (χ0v) is 18.9. The van der Waals surface area contributed by atoms with Crippen LogP contribution in [0.1, 0.15) is 61.8 Å². The molecular formula is C23H30F3N5O. The van der Waals surface area contributed by atoms with E-state index in [1.807, 2.05) is 25.9 Å². The fourth-order valence-electron chi connectivity index (χ4n) is 4.06. The van der Waals surface area contributed by atoms with Crippen LogP contribution in [-0.2, 0) is 11.0 Å². The Hall–Kier alpha value is -2.84. The molecule has 3 rings (SSSR count). The molecule has 1 saturated carbocycles. The average molecular weight is 450 g/mol. The van der Waals surface area contributed by atoms with Crippen molar-refractivity contribution in [3.05, 3.63) is 47.2 Å². The SMILES string of the molecule is Cc1cnc(NN(C(=O)C2CCCCC2)[C@H](C)c2cccc(C(F)(F)F)c2)nc1N(C)C. The van der Waals surface area contributed by atoms with Crippen LogP contribution in [0.25, 0.3) is 0 Å². The predicted molar refractivity (Wildman–Crippen MR) is 118 cm³/mol. The molecule has 1 aromatic heterocycles. The summed E-state index contributed by atoms with van der Waals surface area (Å²) in [5.41, 5.74) is 3.52. The maximum absolute atomic E-state index is 13.5. The van der Waals surface area contributed by atoms with E-state index in [0.717, 1.165) is 49.8 Å². The van der Waals surface area contributed by atoms with Gasteiger partial charge in [0.05, 0.1) is 11.6 Å². The minimum Gasteiger partial charge on any atom is -0.362 e. The molecule has 1 atom stereocenters. The van der Waals surface area contributed by atoms with E-state index >= 15 is 0 Å². The van der Waals surface area contributed by atoms with E-state index in [1.54, 1.807) is 19.2 Å². The predicted octanol–water partition coefficient (Wildman–Crippen LogP) is 5.37. The summed E-state index contributed by atoms with van der Waals surface area (Å²) in [5.74, 6) is 0.593. The van der Waals surface area contributed by atoms with E-state index in [4.69, 9.17) is 0 Å². The van der Waals surface area contributed by atoms with Crippen molar-refractivity contribution in [1.29, 1.82) is 0 Å². The number of benzene rings is 1. The van der Waals surface area contributed by atoms with Crippen molar-refractivity contribution in [3.63, 3.8) is 0 Å². The molecule has 0 aliphatic heterocycles. The van der Waals surface area contributed by atoms with Gasteiger partial charge >= 0.3 is 6.18 Å². The molecule has 6 nitrogen and oxygen atoms in total. The normalized spacial score (nSPS) is 15.8. The lowest BCUT2D eigenvalue weighted by Gasteiger charge is -2.34. The van der Waals surface area contributed by atoms with Crippen LogP contribution in [0.5, 0.6) is 0 Å². The summed E-state index contributed by atoms with van der Waals surface area (Å²) in [7, 11) is 3.71. The molecule has 0 unspecified atom stereocenters. The number of aryl methyl sites for hydroxylation is 1. The van der Waals surface area contributed by atoms with Crippen molar-refractivity contribution < 1.29 is 18.0 Å². The van der Waals surface area contributed by atoms with E-state index in [9.17, 15) is 18.0 Å². The summed E-state index contributed by atoms with van der Waals surface area (Å²) in [6.45, 7) is 3.60. The summed E-state index contributed by atoms with van der Waals surface area (Å²) in [4.78, 5) is 24.1. The third kappa shape index (κ3) is 5.49. The lowest BCUT2D eigenvalue weighted by molar-refractivity contribution is -0.137. The number of nitrogens with one attached hydrogen (secondary N) is 1. The highest BCUT2D eigenvalue weighted by Crippen LogP contribution is 2.33. The number of anilines is 2. The number of carbonyl (C=O) groups excluding carboxylic acids is 1. The second-order valence-electron chi connectivity index (χ2n) is 8.55. The highest BCUT2D eigenvalue weighted by atomic mass is 19.4. The molecule has 2 aromatic rings.